The first kappa shape index (κ1) is 23.1. The monoisotopic (exact) mass is 481 g/mol. The highest BCUT2D eigenvalue weighted by Crippen LogP contribution is 2.36. The van der Waals surface area contributed by atoms with Gasteiger partial charge in [-0.05, 0) is 99.3 Å². The number of hydrogen-bond donors (Lipinski definition) is 2. The van der Waals surface area contributed by atoms with Crippen molar-refractivity contribution in [3.63, 3.8) is 0 Å². The summed E-state index contributed by atoms with van der Waals surface area (Å²) >= 11 is 0. The number of hydrogen-bond acceptors (Lipinski definition) is 6. The highest BCUT2D eigenvalue weighted by Gasteiger charge is 2.27. The molecule has 36 heavy (non-hydrogen) atoms. The third-order valence-corrected chi connectivity index (χ3v) is 7.81. The fourth-order valence-electron chi connectivity index (χ4n) is 5.70. The number of likely N-dealkylation sites (tertiary alicyclic amines) is 1. The molecule has 1 fully saturated rings. The van der Waals surface area contributed by atoms with Gasteiger partial charge in [-0.15, -0.1) is 0 Å². The largest absolute Gasteiger partial charge is 0.383 e. The minimum atomic E-state index is 0.330. The highest BCUT2D eigenvalue weighted by atomic mass is 15.1. The van der Waals surface area contributed by atoms with E-state index in [0.717, 1.165) is 46.8 Å². The number of piperidine rings is 1. The van der Waals surface area contributed by atoms with E-state index in [4.69, 9.17) is 15.7 Å². The molecule has 1 aliphatic heterocycles. The van der Waals surface area contributed by atoms with Crippen molar-refractivity contribution in [1.82, 2.24) is 29.7 Å². The van der Waals surface area contributed by atoms with Crippen LogP contribution in [0.3, 0.4) is 0 Å². The van der Waals surface area contributed by atoms with E-state index in [1.807, 2.05) is 12.1 Å². The summed E-state index contributed by atoms with van der Waals surface area (Å²) in [7, 11) is 2.22. The zero-order valence-corrected chi connectivity index (χ0v) is 21.4. The van der Waals surface area contributed by atoms with Gasteiger partial charge >= 0.3 is 0 Å². The summed E-state index contributed by atoms with van der Waals surface area (Å²) in [4.78, 5) is 16.8. The Morgan fingerprint density at radius 2 is 1.86 bits per heavy atom. The molecule has 3 aromatic heterocycles. The topological polar surface area (TPSA) is 84.9 Å². The lowest BCUT2D eigenvalue weighted by atomic mass is 10.0. The first-order valence-corrected chi connectivity index (χ1v) is 13.2. The minimum Gasteiger partial charge on any atom is -0.383 e. The van der Waals surface area contributed by atoms with E-state index in [0.29, 0.717) is 23.8 Å². The number of nitrogens with one attached hydrogen (secondary N) is 1. The van der Waals surface area contributed by atoms with E-state index >= 15 is 0 Å². The fraction of sp³-hybridized carbons (Fsp3) is 0.414. The number of nitrogen functional groups attached to an aromatic ring is 1. The molecule has 3 N–H and O–H groups in total. The zero-order chi connectivity index (χ0) is 24.8. The Labute approximate surface area is 212 Å². The number of benzene rings is 1. The number of fused-ring (bicyclic) bond motifs is 2. The van der Waals surface area contributed by atoms with Crippen LogP contribution in [0.4, 0.5) is 5.82 Å². The molecule has 7 heteroatoms. The summed E-state index contributed by atoms with van der Waals surface area (Å²) in [6.07, 6.45) is 6.39. The minimum absolute atomic E-state index is 0.330. The first-order chi connectivity index (χ1) is 17.5. The van der Waals surface area contributed by atoms with Gasteiger partial charge in [0.05, 0.1) is 5.56 Å². The fourth-order valence-corrected chi connectivity index (χ4v) is 5.70. The Bertz CT molecular complexity index is 1400. The molecule has 0 radical (unpaired) electrons. The van der Waals surface area contributed by atoms with E-state index in [-0.39, 0.29) is 0 Å². The Hall–Kier alpha value is -3.29. The normalized spacial score (nSPS) is 18.8. The quantitative estimate of drug-likeness (QED) is 0.424. The molecule has 1 atom stereocenters. The molecule has 1 aromatic carbocycles. The highest BCUT2D eigenvalue weighted by molar-refractivity contribution is 5.83. The predicted molar refractivity (Wildman–Crippen MR) is 145 cm³/mol. The molecule has 4 aromatic rings. The summed E-state index contributed by atoms with van der Waals surface area (Å²) in [6, 6.07) is 15.9. The molecule has 1 saturated heterocycles. The van der Waals surface area contributed by atoms with Gasteiger partial charge in [0.1, 0.15) is 11.3 Å². The summed E-state index contributed by atoms with van der Waals surface area (Å²) in [5.41, 5.74) is 13.8. The molecule has 0 bridgehead atoms. The lowest BCUT2D eigenvalue weighted by Crippen LogP contribution is -2.41. The van der Waals surface area contributed by atoms with E-state index < -0.39 is 0 Å². The molecular formula is C29H35N7. The van der Waals surface area contributed by atoms with Crippen LogP contribution in [-0.4, -0.2) is 50.6 Å². The van der Waals surface area contributed by atoms with Crippen LogP contribution < -0.4 is 11.1 Å². The van der Waals surface area contributed by atoms with Crippen molar-refractivity contribution in [1.29, 1.82) is 0 Å². The maximum absolute atomic E-state index is 6.31. The van der Waals surface area contributed by atoms with Gasteiger partial charge in [-0.2, -0.15) is 0 Å². The molecule has 1 unspecified atom stereocenters. The van der Waals surface area contributed by atoms with Crippen molar-refractivity contribution in [3.05, 3.63) is 65.5 Å². The first-order valence-electron chi connectivity index (χ1n) is 13.2. The molecule has 0 amide bonds. The van der Waals surface area contributed by atoms with Gasteiger partial charge in [0, 0.05) is 29.7 Å². The van der Waals surface area contributed by atoms with E-state index in [9.17, 15) is 0 Å². The van der Waals surface area contributed by atoms with Crippen LogP contribution in [0.5, 0.6) is 0 Å². The average molecular weight is 482 g/mol. The molecule has 4 heterocycles. The van der Waals surface area contributed by atoms with E-state index in [2.05, 4.69) is 71.0 Å². The van der Waals surface area contributed by atoms with E-state index in [1.54, 1.807) is 6.20 Å². The van der Waals surface area contributed by atoms with Gasteiger partial charge in [0.15, 0.2) is 11.5 Å². The van der Waals surface area contributed by atoms with Crippen LogP contribution in [-0.2, 0) is 6.42 Å². The predicted octanol–water partition coefficient (Wildman–Crippen LogP) is 4.86. The molecule has 186 valence electrons. The van der Waals surface area contributed by atoms with Crippen LogP contribution >= 0.6 is 0 Å². The molecule has 7 nitrogen and oxygen atoms in total. The third-order valence-electron chi connectivity index (χ3n) is 7.81. The van der Waals surface area contributed by atoms with Crippen molar-refractivity contribution >= 4 is 17.0 Å². The van der Waals surface area contributed by atoms with E-state index in [1.165, 1.54) is 37.1 Å². The zero-order valence-electron chi connectivity index (χ0n) is 21.4. The smallest absolute Gasteiger partial charge is 0.165 e. The molecule has 0 spiro atoms. The number of imidazole rings is 1. The summed E-state index contributed by atoms with van der Waals surface area (Å²) < 4.78 is 2.16. The Morgan fingerprint density at radius 3 is 2.64 bits per heavy atom. The second kappa shape index (κ2) is 9.30. The Morgan fingerprint density at radius 1 is 1.03 bits per heavy atom. The molecule has 0 saturated carbocycles. The summed E-state index contributed by atoms with van der Waals surface area (Å²) in [5, 5.41) is 3.96. The number of aromatic nitrogens is 4. The SMILES string of the molecule is CC(C)c1ccc2nc(-c3cccnc3N)n(-c3ccc4c(c3)CCC4NC3CCN(C)CC3)c2n1. The average Bonchev–Trinajstić information content (AvgIpc) is 3.46. The second-order valence-corrected chi connectivity index (χ2v) is 10.7. The van der Waals surface area contributed by atoms with Crippen molar-refractivity contribution in [2.75, 3.05) is 25.9 Å². The van der Waals surface area contributed by atoms with Crippen LogP contribution in [0.2, 0.25) is 0 Å². The lowest BCUT2D eigenvalue weighted by molar-refractivity contribution is 0.224. The molecular weight excluding hydrogens is 446 g/mol. The number of aryl methyl sites for hydroxylation is 1. The summed E-state index contributed by atoms with van der Waals surface area (Å²) in [6.45, 7) is 6.69. The van der Waals surface area contributed by atoms with Crippen LogP contribution in [0.15, 0.2) is 48.7 Å². The van der Waals surface area contributed by atoms with Crippen LogP contribution in [0.25, 0.3) is 28.2 Å². The van der Waals surface area contributed by atoms with Gasteiger partial charge in [0.2, 0.25) is 0 Å². The molecule has 2 aliphatic rings. The Balaban J connectivity index is 1.41. The van der Waals surface area contributed by atoms with Gasteiger partial charge in [-0.25, -0.2) is 15.0 Å². The Kier molecular flexibility index (Phi) is 5.97. The lowest BCUT2D eigenvalue weighted by Gasteiger charge is -2.31. The standard InChI is InChI=1S/C29H35N7/c1-18(2)24-10-11-26-29(33-24)36(28(34-26)23-5-4-14-31-27(23)30)21-7-8-22-19(17-21)6-9-25(22)32-20-12-15-35(3)16-13-20/h4-5,7-8,10-11,14,17-18,20,25,32H,6,9,12-13,15-16H2,1-3H3,(H2,30,31). The number of rotatable bonds is 5. The molecule has 6 rings (SSSR count). The van der Waals surface area contributed by atoms with Crippen molar-refractivity contribution in [2.45, 2.75) is 57.5 Å². The van der Waals surface area contributed by atoms with Gasteiger partial charge in [-0.3, -0.25) is 4.57 Å². The third kappa shape index (κ3) is 4.16. The number of anilines is 1. The maximum atomic E-state index is 6.31. The summed E-state index contributed by atoms with van der Waals surface area (Å²) in [5.74, 6) is 1.58. The number of nitrogens with zero attached hydrogens (tertiary/aromatic N) is 5. The van der Waals surface area contributed by atoms with Crippen molar-refractivity contribution < 1.29 is 0 Å². The molecule has 1 aliphatic carbocycles. The van der Waals surface area contributed by atoms with Gasteiger partial charge < -0.3 is 16.0 Å². The van der Waals surface area contributed by atoms with Gasteiger partial charge in [0.25, 0.3) is 0 Å². The second-order valence-electron chi connectivity index (χ2n) is 10.7. The van der Waals surface area contributed by atoms with Crippen LogP contribution in [0, 0.1) is 0 Å². The van der Waals surface area contributed by atoms with Crippen molar-refractivity contribution in [3.8, 4) is 17.1 Å². The van der Waals surface area contributed by atoms with Gasteiger partial charge in [-0.1, -0.05) is 19.9 Å². The number of nitrogens with two attached hydrogens (primary N) is 1. The van der Waals surface area contributed by atoms with Crippen LogP contribution in [0.1, 0.15) is 61.9 Å². The number of pyridine rings is 2. The van der Waals surface area contributed by atoms with Crippen molar-refractivity contribution in [2.24, 2.45) is 0 Å². The maximum Gasteiger partial charge on any atom is 0.165 e.